The van der Waals surface area contributed by atoms with Crippen LogP contribution in [0.15, 0.2) is 4.52 Å². The van der Waals surface area contributed by atoms with Crippen LogP contribution in [0.25, 0.3) is 0 Å². The molecule has 0 bridgehead atoms. The maximum absolute atomic E-state index is 14.3. The maximum Gasteiger partial charge on any atom is 0.401 e. The van der Waals surface area contributed by atoms with Crippen LogP contribution in [0.5, 0.6) is 0 Å². The Balaban J connectivity index is 1.26. The Bertz CT molecular complexity index is 858. The van der Waals surface area contributed by atoms with Crippen LogP contribution in [0.2, 0.25) is 0 Å². The summed E-state index contributed by atoms with van der Waals surface area (Å²) in [6.45, 7) is 0.984. The molecule has 4 aliphatic rings. The van der Waals surface area contributed by atoms with Crippen molar-refractivity contribution >= 4 is 5.91 Å². The van der Waals surface area contributed by atoms with Gasteiger partial charge in [0.15, 0.2) is 5.82 Å². The summed E-state index contributed by atoms with van der Waals surface area (Å²) in [5, 5.41) is 17.5. The first kappa shape index (κ1) is 23.0. The first-order valence-electron chi connectivity index (χ1n) is 12.0. The third-order valence-electron chi connectivity index (χ3n) is 8.31. The Morgan fingerprint density at radius 1 is 1.15 bits per heavy atom. The lowest BCUT2D eigenvalue weighted by Crippen LogP contribution is -2.62. The second kappa shape index (κ2) is 8.49. The summed E-state index contributed by atoms with van der Waals surface area (Å²) in [6.07, 6.45) is -0.541. The summed E-state index contributed by atoms with van der Waals surface area (Å²) >= 11 is 0. The van der Waals surface area contributed by atoms with Crippen molar-refractivity contribution in [3.05, 3.63) is 11.7 Å². The second-order valence-corrected chi connectivity index (χ2v) is 10.1. The first-order chi connectivity index (χ1) is 15.7. The molecule has 5 rings (SSSR count). The van der Waals surface area contributed by atoms with Crippen molar-refractivity contribution in [2.24, 2.45) is 5.41 Å². The molecule has 184 valence electrons. The van der Waals surface area contributed by atoms with E-state index in [1.807, 2.05) is 0 Å². The van der Waals surface area contributed by atoms with Crippen LogP contribution in [-0.4, -0.2) is 70.6 Å². The van der Waals surface area contributed by atoms with E-state index in [-0.39, 0.29) is 49.0 Å². The Kier molecular flexibility index (Phi) is 5.93. The molecule has 1 amide bonds. The molecule has 11 heteroatoms. The van der Waals surface area contributed by atoms with Crippen molar-refractivity contribution in [1.29, 1.82) is 0 Å². The lowest BCUT2D eigenvalue weighted by molar-refractivity contribution is -0.206. The van der Waals surface area contributed by atoms with E-state index >= 15 is 0 Å². The summed E-state index contributed by atoms with van der Waals surface area (Å²) < 4.78 is 53.7. The lowest BCUT2D eigenvalue weighted by Gasteiger charge is -2.51. The van der Waals surface area contributed by atoms with Gasteiger partial charge in [0.25, 0.3) is 5.89 Å². The van der Waals surface area contributed by atoms with Crippen molar-refractivity contribution in [3.8, 4) is 0 Å². The van der Waals surface area contributed by atoms with Crippen molar-refractivity contribution in [2.45, 2.75) is 87.6 Å². The summed E-state index contributed by atoms with van der Waals surface area (Å²) in [5.74, 6) is -0.523. The number of hydrogen-bond acceptors (Lipinski definition) is 7. The van der Waals surface area contributed by atoms with Gasteiger partial charge in [-0.05, 0) is 51.4 Å². The normalized spacial score (nSPS) is 31.9. The molecule has 4 fully saturated rings. The molecule has 1 aromatic heterocycles. The molecule has 3 atom stereocenters. The molecule has 1 spiro atoms. The number of carbonyl (C=O) groups excluding carboxylic acids is 1. The smallest absolute Gasteiger partial charge is 0.392 e. The van der Waals surface area contributed by atoms with Crippen LogP contribution in [0.1, 0.15) is 75.6 Å². The number of ether oxygens (including phenoxy) is 1. The van der Waals surface area contributed by atoms with E-state index < -0.39 is 29.8 Å². The van der Waals surface area contributed by atoms with Gasteiger partial charge in [-0.15, -0.1) is 0 Å². The van der Waals surface area contributed by atoms with Crippen LogP contribution in [0, 0.1) is 5.41 Å². The van der Waals surface area contributed by atoms with Crippen LogP contribution >= 0.6 is 0 Å². The van der Waals surface area contributed by atoms with Crippen molar-refractivity contribution in [2.75, 3.05) is 26.2 Å². The monoisotopic (exact) mass is 472 g/mol. The Morgan fingerprint density at radius 2 is 1.91 bits per heavy atom. The van der Waals surface area contributed by atoms with Crippen LogP contribution in [0.3, 0.4) is 0 Å². The average Bonchev–Trinajstić information content (AvgIpc) is 3.28. The zero-order valence-electron chi connectivity index (χ0n) is 18.6. The fraction of sp³-hybridized carbons (Fsp3) is 0.864. The molecular formula is C22H31F3N4O4. The largest absolute Gasteiger partial charge is 0.401 e. The van der Waals surface area contributed by atoms with Crippen molar-refractivity contribution < 1.29 is 32.3 Å². The molecule has 3 aliphatic heterocycles. The maximum atomic E-state index is 14.3. The molecule has 1 aromatic rings. The third kappa shape index (κ3) is 3.95. The van der Waals surface area contributed by atoms with Crippen molar-refractivity contribution in [3.63, 3.8) is 0 Å². The van der Waals surface area contributed by atoms with Crippen LogP contribution < -0.4 is 5.32 Å². The number of alkyl halides is 3. The summed E-state index contributed by atoms with van der Waals surface area (Å²) in [7, 11) is 0. The number of piperidine rings is 2. The Labute approximate surface area is 190 Å². The highest BCUT2D eigenvalue weighted by Crippen LogP contribution is 2.49. The molecule has 33 heavy (non-hydrogen) atoms. The van der Waals surface area contributed by atoms with Gasteiger partial charge in [-0.3, -0.25) is 4.79 Å². The molecule has 1 unspecified atom stereocenters. The molecule has 3 saturated heterocycles. The molecule has 1 saturated carbocycles. The minimum absolute atomic E-state index is 0.0540. The van der Waals surface area contributed by atoms with E-state index in [1.54, 1.807) is 0 Å². The number of amides is 1. The quantitative estimate of drug-likeness (QED) is 0.698. The average molecular weight is 473 g/mol. The highest BCUT2D eigenvalue weighted by molar-refractivity contribution is 5.82. The Morgan fingerprint density at radius 3 is 2.48 bits per heavy atom. The minimum Gasteiger partial charge on any atom is -0.392 e. The number of nitrogens with zero attached hydrogens (tertiary/aromatic N) is 3. The zero-order chi connectivity index (χ0) is 23.3. The molecule has 8 nitrogen and oxygen atoms in total. The number of rotatable bonds is 3. The van der Waals surface area contributed by atoms with Gasteiger partial charge in [0.2, 0.25) is 5.91 Å². The van der Waals surface area contributed by atoms with Gasteiger partial charge in [-0.2, -0.15) is 18.2 Å². The van der Waals surface area contributed by atoms with Crippen molar-refractivity contribution in [1.82, 2.24) is 20.4 Å². The fourth-order valence-electron chi connectivity index (χ4n) is 5.79. The number of nitrogens with one attached hydrogen (secondary N) is 1. The lowest BCUT2D eigenvalue weighted by atomic mass is 9.62. The minimum atomic E-state index is -4.58. The van der Waals surface area contributed by atoms with Gasteiger partial charge in [0.05, 0.1) is 12.1 Å². The van der Waals surface area contributed by atoms with E-state index in [9.17, 15) is 23.1 Å². The summed E-state index contributed by atoms with van der Waals surface area (Å²) in [4.78, 5) is 18.6. The molecular weight excluding hydrogens is 441 g/mol. The number of likely N-dealkylation sites (tertiary alicyclic amines) is 1. The topological polar surface area (TPSA) is 101 Å². The summed E-state index contributed by atoms with van der Waals surface area (Å²) in [5.41, 5.74) is -2.39. The second-order valence-electron chi connectivity index (χ2n) is 10.1. The predicted molar refractivity (Wildman–Crippen MR) is 109 cm³/mol. The fourth-order valence-corrected chi connectivity index (χ4v) is 5.79. The first-order valence-corrected chi connectivity index (χ1v) is 12.0. The number of hydrogen-bond donors (Lipinski definition) is 2. The molecule has 4 heterocycles. The van der Waals surface area contributed by atoms with Gasteiger partial charge in [-0.25, -0.2) is 0 Å². The highest BCUT2D eigenvalue weighted by Gasteiger charge is 2.60. The van der Waals surface area contributed by atoms with Crippen LogP contribution in [-0.2, 0) is 14.9 Å². The number of aliphatic hydroxyl groups excluding tert-OH is 1. The molecule has 1 aliphatic carbocycles. The highest BCUT2D eigenvalue weighted by atomic mass is 19.4. The summed E-state index contributed by atoms with van der Waals surface area (Å²) in [6, 6.07) is -0.565. The van der Waals surface area contributed by atoms with Gasteiger partial charge in [0, 0.05) is 31.7 Å². The van der Waals surface area contributed by atoms with Gasteiger partial charge >= 0.3 is 6.18 Å². The SMILES string of the molecule is O=C([C@@H]1C[C@@H](O)C2(CCC2)CN1)N1CCC(c2noc(C3CCCCO3)n2)(C(F)(F)F)CC1. The predicted octanol–water partition coefficient (Wildman–Crippen LogP) is 2.63. The van der Waals surface area contributed by atoms with Crippen LogP contribution in [0.4, 0.5) is 13.2 Å². The van der Waals surface area contributed by atoms with E-state index in [0.29, 0.717) is 26.0 Å². The van der Waals surface area contributed by atoms with E-state index in [1.165, 1.54) is 4.90 Å². The third-order valence-corrected chi connectivity index (χ3v) is 8.31. The van der Waals surface area contributed by atoms with Gasteiger partial charge in [-0.1, -0.05) is 11.6 Å². The number of carbonyl (C=O) groups is 1. The Hall–Kier alpha value is -1.72. The van der Waals surface area contributed by atoms with E-state index in [0.717, 1.165) is 32.1 Å². The molecule has 0 radical (unpaired) electrons. The van der Waals surface area contributed by atoms with Gasteiger partial charge < -0.3 is 24.6 Å². The zero-order valence-corrected chi connectivity index (χ0v) is 18.6. The number of aromatic nitrogens is 2. The van der Waals surface area contributed by atoms with E-state index in [2.05, 4.69) is 15.5 Å². The van der Waals surface area contributed by atoms with E-state index in [4.69, 9.17) is 9.26 Å². The molecule has 0 aromatic carbocycles. The van der Waals surface area contributed by atoms with Gasteiger partial charge in [0.1, 0.15) is 11.5 Å². The number of halogens is 3. The standard InChI is InChI=1S/C22H31F3N4O4/c23-22(24,25)21(19-27-17(33-28-19)15-4-1-2-11-32-15)7-9-29(10-8-21)18(31)14-12-16(30)20(13-26-14)5-3-6-20/h14-16,26,30H,1-13H2/t14-,15?,16+/m0/s1. The number of aliphatic hydroxyl groups is 1. The molecule has 2 N–H and O–H groups in total.